The van der Waals surface area contributed by atoms with Gasteiger partial charge in [-0.1, -0.05) is 11.6 Å². The number of nitrogens with one attached hydrogen (secondary N) is 1. The van der Waals surface area contributed by atoms with Crippen molar-refractivity contribution in [2.75, 3.05) is 12.4 Å². The van der Waals surface area contributed by atoms with Crippen LogP contribution < -0.4 is 10.1 Å². The molecule has 0 bridgehead atoms. The zero-order valence-electron chi connectivity index (χ0n) is 10.4. The molecule has 5 heteroatoms. The fraction of sp³-hybridized carbons (Fsp3) is 0.286. The Labute approximate surface area is 129 Å². The molecule has 19 heavy (non-hydrogen) atoms. The van der Waals surface area contributed by atoms with Crippen molar-refractivity contribution in [3.05, 3.63) is 43.5 Å². The molecule has 0 saturated heterocycles. The summed E-state index contributed by atoms with van der Waals surface area (Å²) in [5.74, 6) is 0.854. The predicted octanol–water partition coefficient (Wildman–Crippen LogP) is 5.27. The van der Waals surface area contributed by atoms with E-state index in [4.69, 9.17) is 16.3 Å². The predicted molar refractivity (Wildman–Crippen MR) is 84.7 cm³/mol. The van der Waals surface area contributed by atoms with Gasteiger partial charge in [0.25, 0.3) is 0 Å². The van der Waals surface area contributed by atoms with Crippen molar-refractivity contribution in [3.8, 4) is 5.75 Å². The number of hydrogen-bond donors (Lipinski definition) is 1. The van der Waals surface area contributed by atoms with Crippen LogP contribution in [-0.4, -0.2) is 7.11 Å². The van der Waals surface area contributed by atoms with E-state index in [-0.39, 0.29) is 0 Å². The van der Waals surface area contributed by atoms with Crippen molar-refractivity contribution in [2.24, 2.45) is 0 Å². The zero-order valence-corrected chi connectivity index (χ0v) is 13.5. The first-order chi connectivity index (χ1) is 9.17. The molecular formula is C14H13BrClNOS. The van der Waals surface area contributed by atoms with Crippen LogP contribution in [0.1, 0.15) is 22.9 Å². The van der Waals surface area contributed by atoms with Crippen LogP contribution in [-0.2, 0) is 6.42 Å². The molecule has 100 valence electrons. The topological polar surface area (TPSA) is 21.3 Å². The van der Waals surface area contributed by atoms with E-state index in [1.54, 1.807) is 18.4 Å². The second-order valence-electron chi connectivity index (χ2n) is 4.51. The maximum atomic E-state index is 6.09. The van der Waals surface area contributed by atoms with Crippen LogP contribution in [0.2, 0.25) is 4.34 Å². The first-order valence-electron chi connectivity index (χ1n) is 6.05. The van der Waals surface area contributed by atoms with E-state index in [0.29, 0.717) is 6.04 Å². The number of halogens is 2. The Bertz CT molecular complexity index is 613. The van der Waals surface area contributed by atoms with E-state index in [0.717, 1.165) is 33.1 Å². The minimum Gasteiger partial charge on any atom is -0.497 e. The molecule has 3 rings (SSSR count). The van der Waals surface area contributed by atoms with E-state index in [9.17, 15) is 0 Å². The first-order valence-corrected chi connectivity index (χ1v) is 8.04. The van der Waals surface area contributed by atoms with Gasteiger partial charge in [0.15, 0.2) is 0 Å². The van der Waals surface area contributed by atoms with Gasteiger partial charge in [0.1, 0.15) is 5.75 Å². The van der Waals surface area contributed by atoms with E-state index in [2.05, 4.69) is 27.3 Å². The fourth-order valence-corrected chi connectivity index (χ4v) is 4.13. The molecule has 1 aromatic carbocycles. The monoisotopic (exact) mass is 357 g/mol. The largest absolute Gasteiger partial charge is 0.497 e. The number of fused-ring (bicyclic) bond motifs is 1. The molecule has 1 aliphatic rings. The Balaban J connectivity index is 1.86. The van der Waals surface area contributed by atoms with Gasteiger partial charge in [0.05, 0.1) is 23.2 Å². The highest BCUT2D eigenvalue weighted by molar-refractivity contribution is 9.10. The summed E-state index contributed by atoms with van der Waals surface area (Å²) in [5.41, 5.74) is 2.39. The Morgan fingerprint density at radius 1 is 1.42 bits per heavy atom. The van der Waals surface area contributed by atoms with Gasteiger partial charge in [-0.2, -0.15) is 0 Å². The summed E-state index contributed by atoms with van der Waals surface area (Å²) in [7, 11) is 1.68. The van der Waals surface area contributed by atoms with E-state index in [1.807, 2.05) is 18.2 Å². The molecule has 0 amide bonds. The summed E-state index contributed by atoms with van der Waals surface area (Å²) in [6, 6.07) is 8.37. The molecule has 1 N–H and O–H groups in total. The average Bonchev–Trinajstić information content (AvgIpc) is 2.92. The fourth-order valence-electron chi connectivity index (χ4n) is 2.41. The molecule has 1 unspecified atom stereocenters. The molecule has 0 aliphatic heterocycles. The van der Waals surface area contributed by atoms with Crippen molar-refractivity contribution in [3.63, 3.8) is 0 Å². The quantitative estimate of drug-likeness (QED) is 0.807. The lowest BCUT2D eigenvalue weighted by molar-refractivity contribution is 0.415. The third kappa shape index (κ3) is 2.62. The Morgan fingerprint density at radius 3 is 3.05 bits per heavy atom. The molecule has 2 aromatic rings. The summed E-state index contributed by atoms with van der Waals surface area (Å²) < 4.78 is 7.19. The van der Waals surface area contributed by atoms with Gasteiger partial charge < -0.3 is 10.1 Å². The maximum Gasteiger partial charge on any atom is 0.121 e. The number of hydrogen-bond acceptors (Lipinski definition) is 3. The second-order valence-corrected chi connectivity index (χ2v) is 7.13. The van der Waals surface area contributed by atoms with Crippen LogP contribution in [0.4, 0.5) is 5.69 Å². The average molecular weight is 359 g/mol. The van der Waals surface area contributed by atoms with Crippen LogP contribution >= 0.6 is 38.9 Å². The summed E-state index contributed by atoms with van der Waals surface area (Å²) >= 11 is 11.3. The summed E-state index contributed by atoms with van der Waals surface area (Å²) in [4.78, 5) is 1.40. The molecule has 1 heterocycles. The lowest BCUT2D eigenvalue weighted by atomic mass is 10.1. The molecule has 0 fully saturated rings. The zero-order chi connectivity index (χ0) is 13.4. The van der Waals surface area contributed by atoms with Gasteiger partial charge >= 0.3 is 0 Å². The van der Waals surface area contributed by atoms with Crippen molar-refractivity contribution in [1.29, 1.82) is 0 Å². The smallest absolute Gasteiger partial charge is 0.121 e. The van der Waals surface area contributed by atoms with Crippen LogP contribution in [0.5, 0.6) is 5.75 Å². The van der Waals surface area contributed by atoms with Crippen LogP contribution in [0.3, 0.4) is 0 Å². The highest BCUT2D eigenvalue weighted by Gasteiger charge is 2.25. The summed E-state index contributed by atoms with van der Waals surface area (Å²) in [5, 5.41) is 3.57. The highest BCUT2D eigenvalue weighted by Crippen LogP contribution is 2.42. The molecule has 0 radical (unpaired) electrons. The van der Waals surface area contributed by atoms with E-state index >= 15 is 0 Å². The highest BCUT2D eigenvalue weighted by atomic mass is 79.9. The first kappa shape index (κ1) is 13.3. The van der Waals surface area contributed by atoms with Crippen LogP contribution in [0.15, 0.2) is 28.7 Å². The van der Waals surface area contributed by atoms with Gasteiger partial charge in [0.2, 0.25) is 0 Å². The molecule has 1 aliphatic carbocycles. The Morgan fingerprint density at radius 2 is 2.26 bits per heavy atom. The normalized spacial score (nSPS) is 17.3. The second kappa shape index (κ2) is 5.35. The van der Waals surface area contributed by atoms with Gasteiger partial charge in [0, 0.05) is 15.4 Å². The number of rotatable bonds is 3. The Hall–Kier alpha value is -0.710. The van der Waals surface area contributed by atoms with E-state index in [1.165, 1.54) is 10.4 Å². The molecular weight excluding hydrogens is 346 g/mol. The van der Waals surface area contributed by atoms with Gasteiger partial charge in [-0.15, -0.1) is 11.3 Å². The molecule has 0 spiro atoms. The maximum absolute atomic E-state index is 6.09. The van der Waals surface area contributed by atoms with Crippen LogP contribution in [0, 0.1) is 0 Å². The van der Waals surface area contributed by atoms with Crippen molar-refractivity contribution in [1.82, 2.24) is 0 Å². The van der Waals surface area contributed by atoms with Gasteiger partial charge in [-0.25, -0.2) is 0 Å². The number of thiophene rings is 1. The minimum absolute atomic E-state index is 0.335. The number of anilines is 1. The van der Waals surface area contributed by atoms with Crippen molar-refractivity contribution in [2.45, 2.75) is 18.9 Å². The van der Waals surface area contributed by atoms with Crippen LogP contribution in [0.25, 0.3) is 0 Å². The molecule has 1 aromatic heterocycles. The number of benzene rings is 1. The SMILES string of the molecule is COc1ccc(Br)c(NC2CCc3sc(Cl)cc32)c1. The number of ether oxygens (including phenoxy) is 1. The molecule has 1 atom stereocenters. The number of aryl methyl sites for hydroxylation is 1. The third-order valence-electron chi connectivity index (χ3n) is 3.35. The van der Waals surface area contributed by atoms with E-state index < -0.39 is 0 Å². The molecule has 0 saturated carbocycles. The third-order valence-corrected chi connectivity index (χ3v) is 5.38. The van der Waals surface area contributed by atoms with Gasteiger partial charge in [-0.05, 0) is 52.5 Å². The van der Waals surface area contributed by atoms with Gasteiger partial charge in [-0.3, -0.25) is 0 Å². The summed E-state index contributed by atoms with van der Waals surface area (Å²) in [6.07, 6.45) is 2.22. The lowest BCUT2D eigenvalue weighted by Crippen LogP contribution is -2.07. The lowest BCUT2D eigenvalue weighted by Gasteiger charge is -2.16. The molecule has 2 nitrogen and oxygen atoms in total. The number of methoxy groups -OCH3 is 1. The van der Waals surface area contributed by atoms with Crippen molar-refractivity contribution < 1.29 is 4.74 Å². The Kier molecular flexibility index (Phi) is 3.74. The van der Waals surface area contributed by atoms with Crippen molar-refractivity contribution >= 4 is 44.6 Å². The summed E-state index contributed by atoms with van der Waals surface area (Å²) in [6.45, 7) is 0. The minimum atomic E-state index is 0.335. The standard InChI is InChI=1S/C14H13BrClNOS/c1-18-8-2-3-10(15)12(6-8)17-11-4-5-13-9(11)7-14(16)19-13/h2-3,6-7,11,17H,4-5H2,1H3.